The molecule has 5 aromatic rings. The van der Waals surface area contributed by atoms with Crippen molar-refractivity contribution >= 4 is 34.3 Å². The Morgan fingerprint density at radius 3 is 2.51 bits per heavy atom. The fourth-order valence-corrected chi connectivity index (χ4v) is 5.67. The van der Waals surface area contributed by atoms with Crippen molar-refractivity contribution in [3.63, 3.8) is 0 Å². The number of aryl methyl sites for hydroxylation is 1. The van der Waals surface area contributed by atoms with Gasteiger partial charge in [-0.25, -0.2) is 9.97 Å². The van der Waals surface area contributed by atoms with E-state index in [9.17, 15) is 9.18 Å². The van der Waals surface area contributed by atoms with E-state index >= 15 is 0 Å². The Balaban J connectivity index is 1.26. The third-order valence-corrected chi connectivity index (χ3v) is 7.91. The topological polar surface area (TPSA) is 75.9 Å². The lowest BCUT2D eigenvalue weighted by atomic mass is 10.0. The highest BCUT2D eigenvalue weighted by Gasteiger charge is 2.17. The van der Waals surface area contributed by atoms with Crippen LogP contribution in [-0.4, -0.2) is 44.1 Å². The molecule has 0 spiro atoms. The molecule has 0 atom stereocenters. The highest BCUT2D eigenvalue weighted by Crippen LogP contribution is 2.32. The van der Waals surface area contributed by atoms with Crippen LogP contribution in [0.4, 0.5) is 16.0 Å². The van der Waals surface area contributed by atoms with Crippen molar-refractivity contribution in [2.24, 2.45) is 0 Å². The molecule has 3 aromatic heterocycles. The van der Waals surface area contributed by atoms with Crippen LogP contribution in [-0.2, 0) is 13.0 Å². The second-order valence-electron chi connectivity index (χ2n) is 10.2. The summed E-state index contributed by atoms with van der Waals surface area (Å²) in [6.45, 7) is 5.82. The molecule has 0 amide bonds. The van der Waals surface area contributed by atoms with Crippen LogP contribution in [0.3, 0.4) is 0 Å². The van der Waals surface area contributed by atoms with Crippen LogP contribution in [0, 0.1) is 5.95 Å². The Labute approximate surface area is 242 Å². The summed E-state index contributed by atoms with van der Waals surface area (Å²) >= 11 is 6.63. The first kappa shape index (κ1) is 27.1. The molecule has 1 fully saturated rings. The number of nitrogens with one attached hydrogen (secondary N) is 1. The van der Waals surface area contributed by atoms with E-state index in [0.717, 1.165) is 18.7 Å². The SMILES string of the molecule is CCn1c(=O)c(-c2ccc(-c3cccnc3F)cc2Cl)cc2cnc(Nc3ccc(CCN4CCCC4)cc3)nc21. The van der Waals surface area contributed by atoms with Crippen molar-refractivity contribution in [3.8, 4) is 22.3 Å². The van der Waals surface area contributed by atoms with Gasteiger partial charge in [-0.1, -0.05) is 35.9 Å². The van der Waals surface area contributed by atoms with Gasteiger partial charge < -0.3 is 10.2 Å². The Bertz CT molecular complexity index is 1770. The van der Waals surface area contributed by atoms with Crippen LogP contribution in [0.2, 0.25) is 5.02 Å². The predicted molar refractivity (Wildman–Crippen MR) is 162 cm³/mol. The Morgan fingerprint density at radius 1 is 0.976 bits per heavy atom. The molecule has 1 saturated heterocycles. The molecule has 1 N–H and O–H groups in total. The second-order valence-corrected chi connectivity index (χ2v) is 10.6. The molecule has 208 valence electrons. The molecule has 9 heteroatoms. The quantitative estimate of drug-likeness (QED) is 0.210. The van der Waals surface area contributed by atoms with E-state index in [4.69, 9.17) is 11.6 Å². The molecule has 1 aliphatic rings. The predicted octanol–water partition coefficient (Wildman–Crippen LogP) is 6.71. The standard InChI is InChI=1S/C32H30ClFN6O/c1-2-40-30-23(18-27(31(40)41)26-12-9-22(19-28(26)33)25-6-5-14-35-29(25)34)20-36-32(38-30)37-24-10-7-21(8-11-24)13-17-39-15-3-4-16-39/h5-12,14,18-20H,2-4,13,15-17H2,1H3,(H,36,37,38). The first-order valence-corrected chi connectivity index (χ1v) is 14.3. The van der Waals surface area contributed by atoms with Crippen LogP contribution in [0.1, 0.15) is 25.3 Å². The summed E-state index contributed by atoms with van der Waals surface area (Å²) in [6, 6.07) is 18.5. The number of nitrogens with zero attached hydrogens (tertiary/aromatic N) is 5. The molecular weight excluding hydrogens is 539 g/mol. The molecule has 4 heterocycles. The van der Waals surface area contributed by atoms with Crippen molar-refractivity contribution < 1.29 is 4.39 Å². The zero-order chi connectivity index (χ0) is 28.3. The fraction of sp³-hybridized carbons (Fsp3) is 0.250. The van der Waals surface area contributed by atoms with E-state index < -0.39 is 5.95 Å². The van der Waals surface area contributed by atoms with Gasteiger partial charge in [-0.05, 0) is 86.8 Å². The largest absolute Gasteiger partial charge is 0.324 e. The molecule has 2 aromatic carbocycles. The fourth-order valence-electron chi connectivity index (χ4n) is 5.39. The molecule has 41 heavy (non-hydrogen) atoms. The normalized spacial score (nSPS) is 13.6. The van der Waals surface area contributed by atoms with Gasteiger partial charge in [0.2, 0.25) is 11.9 Å². The van der Waals surface area contributed by atoms with Gasteiger partial charge in [0.05, 0.1) is 0 Å². The van der Waals surface area contributed by atoms with Gasteiger partial charge in [-0.3, -0.25) is 9.36 Å². The molecular formula is C32H30ClFN6O. The zero-order valence-electron chi connectivity index (χ0n) is 22.8. The number of benzene rings is 2. The van der Waals surface area contributed by atoms with E-state index in [1.165, 1.54) is 37.7 Å². The summed E-state index contributed by atoms with van der Waals surface area (Å²) in [5, 5.41) is 4.32. The van der Waals surface area contributed by atoms with Crippen molar-refractivity contribution in [1.29, 1.82) is 0 Å². The maximum Gasteiger partial charge on any atom is 0.260 e. The average molecular weight is 569 g/mol. The summed E-state index contributed by atoms with van der Waals surface area (Å²) in [5.41, 5.74) is 4.41. The van der Waals surface area contributed by atoms with Crippen molar-refractivity contribution in [2.75, 3.05) is 25.0 Å². The highest BCUT2D eigenvalue weighted by atomic mass is 35.5. The van der Waals surface area contributed by atoms with Crippen LogP contribution >= 0.6 is 11.6 Å². The third-order valence-electron chi connectivity index (χ3n) is 7.60. The number of anilines is 2. The molecule has 0 bridgehead atoms. The molecule has 7 nitrogen and oxygen atoms in total. The van der Waals surface area contributed by atoms with Gasteiger partial charge in [-0.2, -0.15) is 9.37 Å². The first-order valence-electron chi connectivity index (χ1n) is 13.9. The summed E-state index contributed by atoms with van der Waals surface area (Å²) in [4.78, 5) is 29.0. The molecule has 1 aliphatic heterocycles. The van der Waals surface area contributed by atoms with Crippen LogP contribution in [0.5, 0.6) is 0 Å². The van der Waals surface area contributed by atoms with Crippen LogP contribution < -0.4 is 10.9 Å². The van der Waals surface area contributed by atoms with E-state index in [0.29, 0.717) is 50.8 Å². The molecule has 0 saturated carbocycles. The number of pyridine rings is 2. The zero-order valence-corrected chi connectivity index (χ0v) is 23.5. The van der Waals surface area contributed by atoms with Crippen molar-refractivity contribution in [2.45, 2.75) is 32.7 Å². The van der Waals surface area contributed by atoms with Crippen molar-refractivity contribution in [3.05, 3.63) is 99.9 Å². The van der Waals surface area contributed by atoms with E-state index in [-0.39, 0.29) is 5.56 Å². The molecule has 0 unspecified atom stereocenters. The van der Waals surface area contributed by atoms with Crippen LogP contribution in [0.15, 0.2) is 77.9 Å². The molecule has 6 rings (SSSR count). The Kier molecular flexibility index (Phi) is 7.76. The summed E-state index contributed by atoms with van der Waals surface area (Å²) in [6.07, 6.45) is 6.74. The summed E-state index contributed by atoms with van der Waals surface area (Å²) in [5.74, 6) is -0.164. The maximum absolute atomic E-state index is 14.2. The lowest BCUT2D eigenvalue weighted by Gasteiger charge is -2.15. The minimum Gasteiger partial charge on any atom is -0.324 e. The Morgan fingerprint density at radius 2 is 1.78 bits per heavy atom. The second kappa shape index (κ2) is 11.8. The minimum atomic E-state index is -0.578. The lowest BCUT2D eigenvalue weighted by molar-refractivity contribution is 0.343. The van der Waals surface area contributed by atoms with E-state index in [2.05, 4.69) is 37.3 Å². The Hall–Kier alpha value is -4.14. The summed E-state index contributed by atoms with van der Waals surface area (Å²) < 4.78 is 15.8. The van der Waals surface area contributed by atoms with Crippen LogP contribution in [0.25, 0.3) is 33.3 Å². The molecule has 0 radical (unpaired) electrons. The number of halogens is 2. The number of hydrogen-bond acceptors (Lipinski definition) is 6. The average Bonchev–Trinajstić information content (AvgIpc) is 3.51. The number of hydrogen-bond donors (Lipinski definition) is 1. The monoisotopic (exact) mass is 568 g/mol. The van der Waals surface area contributed by atoms with Gasteiger partial charge in [0.1, 0.15) is 5.65 Å². The number of aromatic nitrogens is 4. The number of likely N-dealkylation sites (tertiary alicyclic amines) is 1. The van der Waals surface area contributed by atoms with Gasteiger partial charge >= 0.3 is 0 Å². The first-order chi connectivity index (χ1) is 20.0. The number of rotatable bonds is 8. The van der Waals surface area contributed by atoms with Gasteiger partial charge in [-0.15, -0.1) is 0 Å². The highest BCUT2D eigenvalue weighted by molar-refractivity contribution is 6.33. The third kappa shape index (κ3) is 5.71. The summed E-state index contributed by atoms with van der Waals surface area (Å²) in [7, 11) is 0. The van der Waals surface area contributed by atoms with Gasteiger partial charge in [0.15, 0.2) is 0 Å². The van der Waals surface area contributed by atoms with Gasteiger partial charge in [0.25, 0.3) is 5.56 Å². The minimum absolute atomic E-state index is 0.214. The van der Waals surface area contributed by atoms with Gasteiger partial charge in [0, 0.05) is 58.3 Å². The maximum atomic E-state index is 14.2. The van der Waals surface area contributed by atoms with E-state index in [1.54, 1.807) is 47.2 Å². The van der Waals surface area contributed by atoms with E-state index in [1.807, 2.05) is 19.1 Å². The smallest absolute Gasteiger partial charge is 0.260 e. The molecule has 0 aliphatic carbocycles. The number of fused-ring (bicyclic) bond motifs is 1. The lowest BCUT2D eigenvalue weighted by Crippen LogP contribution is -2.22. The van der Waals surface area contributed by atoms with Crippen molar-refractivity contribution in [1.82, 2.24) is 24.4 Å².